The minimum atomic E-state index is -0.377. The fourth-order valence-corrected chi connectivity index (χ4v) is 4.16. The molecule has 4 rings (SSSR count). The summed E-state index contributed by atoms with van der Waals surface area (Å²) in [4.78, 5) is 15.2. The van der Waals surface area contributed by atoms with Crippen LogP contribution in [-0.2, 0) is 5.54 Å². The molecule has 1 aromatic heterocycles. The molecule has 0 unspecified atom stereocenters. The SMILES string of the molecule is CC(C)(C)n1nnnc1[C@@H](c1ccc(Cl)cc1)N1CCN(c2ccc([N+](=O)[O-])cc2)CC1. The Bertz CT molecular complexity index is 1070. The number of halogens is 1. The van der Waals surface area contributed by atoms with Crippen LogP contribution >= 0.6 is 11.6 Å². The van der Waals surface area contributed by atoms with E-state index >= 15 is 0 Å². The number of non-ortho nitro benzene ring substituents is 1. The number of benzene rings is 2. The van der Waals surface area contributed by atoms with Gasteiger partial charge in [0.2, 0.25) is 0 Å². The van der Waals surface area contributed by atoms with Gasteiger partial charge in [0.15, 0.2) is 5.82 Å². The molecule has 0 saturated carbocycles. The predicted octanol–water partition coefficient (Wildman–Crippen LogP) is 3.90. The van der Waals surface area contributed by atoms with Crippen LogP contribution in [0.1, 0.15) is 38.2 Å². The van der Waals surface area contributed by atoms with Gasteiger partial charge in [-0.3, -0.25) is 15.0 Å². The summed E-state index contributed by atoms with van der Waals surface area (Å²) in [6, 6.07) is 14.4. The summed E-state index contributed by atoms with van der Waals surface area (Å²) in [7, 11) is 0. The molecule has 1 fully saturated rings. The van der Waals surface area contributed by atoms with Crippen LogP contribution in [0.4, 0.5) is 11.4 Å². The number of aromatic nitrogens is 4. The highest BCUT2D eigenvalue weighted by molar-refractivity contribution is 6.30. The molecule has 0 bridgehead atoms. The maximum Gasteiger partial charge on any atom is 0.269 e. The van der Waals surface area contributed by atoms with Crippen molar-refractivity contribution in [1.82, 2.24) is 25.1 Å². The van der Waals surface area contributed by atoms with Crippen molar-refractivity contribution in [3.8, 4) is 0 Å². The van der Waals surface area contributed by atoms with Crippen molar-refractivity contribution in [1.29, 1.82) is 0 Å². The largest absolute Gasteiger partial charge is 0.369 e. The molecule has 2 heterocycles. The first-order chi connectivity index (χ1) is 15.2. The van der Waals surface area contributed by atoms with Gasteiger partial charge in [-0.15, -0.1) is 5.10 Å². The maximum atomic E-state index is 10.9. The molecule has 9 nitrogen and oxygen atoms in total. The number of nitro groups is 1. The van der Waals surface area contributed by atoms with E-state index < -0.39 is 0 Å². The van der Waals surface area contributed by atoms with E-state index in [1.165, 1.54) is 0 Å². The second-order valence-corrected chi connectivity index (χ2v) is 9.31. The molecule has 1 aliphatic heterocycles. The molecule has 0 aliphatic carbocycles. The molecule has 168 valence electrons. The highest BCUT2D eigenvalue weighted by Crippen LogP contribution is 2.32. The van der Waals surface area contributed by atoms with Crippen LogP contribution in [0, 0.1) is 10.1 Å². The van der Waals surface area contributed by atoms with Crippen LogP contribution in [0.3, 0.4) is 0 Å². The molecule has 32 heavy (non-hydrogen) atoms. The molecule has 0 amide bonds. The Morgan fingerprint density at radius 2 is 1.62 bits per heavy atom. The van der Waals surface area contributed by atoms with E-state index in [1.54, 1.807) is 12.1 Å². The van der Waals surface area contributed by atoms with Crippen molar-refractivity contribution in [3.05, 3.63) is 75.1 Å². The second kappa shape index (κ2) is 8.84. The fraction of sp³-hybridized carbons (Fsp3) is 0.409. The summed E-state index contributed by atoms with van der Waals surface area (Å²) in [5.74, 6) is 0.795. The van der Waals surface area contributed by atoms with Crippen LogP contribution in [-0.4, -0.2) is 56.2 Å². The first-order valence-corrected chi connectivity index (χ1v) is 10.9. The van der Waals surface area contributed by atoms with Gasteiger partial charge in [0.25, 0.3) is 5.69 Å². The lowest BCUT2D eigenvalue weighted by Gasteiger charge is -2.40. The van der Waals surface area contributed by atoms with Crippen LogP contribution in [0.5, 0.6) is 0 Å². The van der Waals surface area contributed by atoms with Gasteiger partial charge in [-0.25, -0.2) is 4.68 Å². The summed E-state index contributed by atoms with van der Waals surface area (Å²) in [6.45, 7) is 9.41. The van der Waals surface area contributed by atoms with Crippen molar-refractivity contribution in [2.24, 2.45) is 0 Å². The molecule has 2 aromatic carbocycles. The first-order valence-electron chi connectivity index (χ1n) is 10.5. The highest BCUT2D eigenvalue weighted by atomic mass is 35.5. The van der Waals surface area contributed by atoms with Crippen molar-refractivity contribution in [2.75, 3.05) is 31.1 Å². The smallest absolute Gasteiger partial charge is 0.269 e. The summed E-state index contributed by atoms with van der Waals surface area (Å²) < 4.78 is 1.88. The van der Waals surface area contributed by atoms with Crippen molar-refractivity contribution < 1.29 is 4.92 Å². The Morgan fingerprint density at radius 3 is 2.19 bits per heavy atom. The van der Waals surface area contributed by atoms with Gasteiger partial charge in [-0.05, 0) is 61.0 Å². The molecule has 1 aliphatic rings. The molecule has 0 radical (unpaired) electrons. The lowest BCUT2D eigenvalue weighted by molar-refractivity contribution is -0.384. The monoisotopic (exact) mass is 455 g/mol. The van der Waals surface area contributed by atoms with Gasteiger partial charge >= 0.3 is 0 Å². The van der Waals surface area contributed by atoms with E-state index in [2.05, 4.69) is 46.1 Å². The predicted molar refractivity (Wildman–Crippen MR) is 123 cm³/mol. The Balaban J connectivity index is 1.59. The molecule has 0 spiro atoms. The van der Waals surface area contributed by atoms with Gasteiger partial charge in [0.1, 0.15) is 0 Å². The highest BCUT2D eigenvalue weighted by Gasteiger charge is 2.33. The molecular formula is C22H26ClN7O2. The lowest BCUT2D eigenvalue weighted by Crippen LogP contribution is -2.48. The van der Waals surface area contributed by atoms with Gasteiger partial charge in [0.05, 0.1) is 16.5 Å². The molecule has 3 aromatic rings. The van der Waals surface area contributed by atoms with E-state index in [0.29, 0.717) is 5.02 Å². The van der Waals surface area contributed by atoms with E-state index in [1.807, 2.05) is 41.1 Å². The van der Waals surface area contributed by atoms with Gasteiger partial charge in [0, 0.05) is 49.0 Å². The summed E-state index contributed by atoms with van der Waals surface area (Å²) >= 11 is 6.14. The van der Waals surface area contributed by atoms with Crippen LogP contribution < -0.4 is 4.90 Å². The number of hydrogen-bond acceptors (Lipinski definition) is 7. The maximum absolute atomic E-state index is 10.9. The standard InChI is InChI=1S/C22H26ClN7O2/c1-22(2,3)29-21(24-25-26-29)20(16-4-6-17(23)7-5-16)28-14-12-27(13-15-28)18-8-10-19(11-9-18)30(31)32/h4-11,20H,12-15H2,1-3H3/t20-/m1/s1. The summed E-state index contributed by atoms with van der Waals surface area (Å²) in [5.41, 5.74) is 1.91. The summed E-state index contributed by atoms with van der Waals surface area (Å²) in [6.07, 6.45) is 0. The zero-order valence-electron chi connectivity index (χ0n) is 18.3. The summed E-state index contributed by atoms with van der Waals surface area (Å²) in [5, 5.41) is 24.3. The average molecular weight is 456 g/mol. The number of rotatable bonds is 5. The average Bonchev–Trinajstić information content (AvgIpc) is 3.26. The molecule has 10 heteroatoms. The zero-order chi connectivity index (χ0) is 22.9. The topological polar surface area (TPSA) is 93.2 Å². The Labute approximate surface area is 191 Å². The lowest BCUT2D eigenvalue weighted by atomic mass is 10.0. The number of nitrogens with zero attached hydrogens (tertiary/aromatic N) is 7. The van der Waals surface area contributed by atoms with E-state index in [9.17, 15) is 10.1 Å². The number of nitro benzene ring substituents is 1. The third-order valence-corrected chi connectivity index (χ3v) is 5.92. The minimum absolute atomic E-state index is 0.101. The molecule has 1 saturated heterocycles. The van der Waals surface area contributed by atoms with Gasteiger partial charge in [-0.1, -0.05) is 23.7 Å². The van der Waals surface area contributed by atoms with Crippen LogP contribution in [0.25, 0.3) is 0 Å². The van der Waals surface area contributed by atoms with Crippen LogP contribution in [0.2, 0.25) is 5.02 Å². The first kappa shape index (κ1) is 22.2. The third kappa shape index (κ3) is 4.58. The van der Waals surface area contributed by atoms with Gasteiger partial charge < -0.3 is 4.90 Å². The van der Waals surface area contributed by atoms with Crippen molar-refractivity contribution >= 4 is 23.0 Å². The number of anilines is 1. The Morgan fingerprint density at radius 1 is 1.00 bits per heavy atom. The normalized spacial score (nSPS) is 16.2. The molecule has 1 atom stereocenters. The van der Waals surface area contributed by atoms with E-state index in [4.69, 9.17) is 11.6 Å². The van der Waals surface area contributed by atoms with E-state index in [-0.39, 0.29) is 22.2 Å². The fourth-order valence-electron chi connectivity index (χ4n) is 4.03. The second-order valence-electron chi connectivity index (χ2n) is 8.87. The van der Waals surface area contributed by atoms with Crippen LogP contribution in [0.15, 0.2) is 48.5 Å². The Kier molecular flexibility index (Phi) is 6.12. The van der Waals surface area contributed by atoms with E-state index in [0.717, 1.165) is 43.3 Å². The zero-order valence-corrected chi connectivity index (χ0v) is 19.1. The quantitative estimate of drug-likeness (QED) is 0.425. The Hall–Kier alpha value is -3.04. The third-order valence-electron chi connectivity index (χ3n) is 5.66. The number of tetrazole rings is 1. The number of hydrogen-bond donors (Lipinski definition) is 0. The molecule has 0 N–H and O–H groups in total. The number of piperazine rings is 1. The molecular weight excluding hydrogens is 430 g/mol. The minimum Gasteiger partial charge on any atom is -0.369 e. The van der Waals surface area contributed by atoms with Crippen molar-refractivity contribution in [3.63, 3.8) is 0 Å². The van der Waals surface area contributed by atoms with Gasteiger partial charge in [-0.2, -0.15) is 0 Å². The van der Waals surface area contributed by atoms with Crippen molar-refractivity contribution in [2.45, 2.75) is 32.4 Å².